The summed E-state index contributed by atoms with van der Waals surface area (Å²) in [5.74, 6) is 0. The summed E-state index contributed by atoms with van der Waals surface area (Å²) in [7, 11) is -3.63. The van der Waals surface area contributed by atoms with Gasteiger partial charge < -0.3 is 5.73 Å². The lowest BCUT2D eigenvalue weighted by Crippen LogP contribution is -2.48. The fraction of sp³-hybridized carbons (Fsp3) is 0.250. The lowest BCUT2D eigenvalue weighted by molar-refractivity contribution is 0.441. The number of hydrogen-bond donors (Lipinski definition) is 2. The maximum absolute atomic E-state index is 12.6. The van der Waals surface area contributed by atoms with Crippen molar-refractivity contribution in [3.8, 4) is 0 Å². The van der Waals surface area contributed by atoms with Crippen molar-refractivity contribution >= 4 is 10.0 Å². The molecule has 0 fully saturated rings. The zero-order valence-electron chi connectivity index (χ0n) is 12.2. The van der Waals surface area contributed by atoms with Crippen LogP contribution in [0, 0.1) is 6.92 Å². The molecule has 112 valence electrons. The van der Waals surface area contributed by atoms with Crippen LogP contribution in [-0.4, -0.2) is 15.0 Å². The normalized spacial score (nSPS) is 14.6. The summed E-state index contributed by atoms with van der Waals surface area (Å²) in [6.45, 7) is 3.82. The minimum absolute atomic E-state index is 0.169. The van der Waals surface area contributed by atoms with E-state index in [0.29, 0.717) is 0 Å². The summed E-state index contributed by atoms with van der Waals surface area (Å²) in [5, 5.41) is 0. The standard InChI is InChI=1S/C16H20N2O2S/c1-13-7-6-10-15(11-13)21(19,20)18-16(2,12-17)14-8-4-3-5-9-14/h3-11,18H,12,17H2,1-2H3. The maximum Gasteiger partial charge on any atom is 0.241 e. The highest BCUT2D eigenvalue weighted by Gasteiger charge is 2.31. The van der Waals surface area contributed by atoms with Gasteiger partial charge in [0.1, 0.15) is 0 Å². The van der Waals surface area contributed by atoms with Crippen molar-refractivity contribution in [2.24, 2.45) is 5.73 Å². The van der Waals surface area contributed by atoms with Crippen LogP contribution in [0.2, 0.25) is 0 Å². The molecule has 0 aliphatic rings. The molecule has 21 heavy (non-hydrogen) atoms. The van der Waals surface area contributed by atoms with E-state index in [1.54, 1.807) is 25.1 Å². The van der Waals surface area contributed by atoms with E-state index in [1.165, 1.54) is 0 Å². The number of aryl methyl sites for hydroxylation is 1. The number of nitrogens with one attached hydrogen (secondary N) is 1. The van der Waals surface area contributed by atoms with E-state index in [0.717, 1.165) is 11.1 Å². The van der Waals surface area contributed by atoms with Crippen molar-refractivity contribution in [2.75, 3.05) is 6.54 Å². The van der Waals surface area contributed by atoms with E-state index in [-0.39, 0.29) is 11.4 Å². The molecule has 0 radical (unpaired) electrons. The Morgan fingerprint density at radius 3 is 2.33 bits per heavy atom. The second-order valence-electron chi connectivity index (χ2n) is 5.32. The van der Waals surface area contributed by atoms with Gasteiger partial charge in [0, 0.05) is 6.54 Å². The molecule has 0 heterocycles. The second-order valence-corrected chi connectivity index (χ2v) is 7.01. The highest BCUT2D eigenvalue weighted by Crippen LogP contribution is 2.22. The van der Waals surface area contributed by atoms with Gasteiger partial charge in [-0.05, 0) is 37.1 Å². The molecule has 0 bridgehead atoms. The smallest absolute Gasteiger partial charge is 0.241 e. The molecule has 0 saturated heterocycles. The number of hydrogen-bond acceptors (Lipinski definition) is 3. The van der Waals surface area contributed by atoms with Crippen molar-refractivity contribution < 1.29 is 8.42 Å². The quantitative estimate of drug-likeness (QED) is 0.889. The molecule has 1 unspecified atom stereocenters. The molecule has 2 aromatic carbocycles. The zero-order chi connectivity index (χ0) is 15.5. The molecule has 0 spiro atoms. The lowest BCUT2D eigenvalue weighted by Gasteiger charge is -2.29. The number of benzene rings is 2. The predicted molar refractivity (Wildman–Crippen MR) is 84.3 cm³/mol. The molecule has 0 saturated carbocycles. The van der Waals surface area contributed by atoms with E-state index in [9.17, 15) is 8.42 Å². The summed E-state index contributed by atoms with van der Waals surface area (Å²) >= 11 is 0. The average molecular weight is 304 g/mol. The third-order valence-electron chi connectivity index (χ3n) is 3.48. The molecular weight excluding hydrogens is 284 g/mol. The van der Waals surface area contributed by atoms with Crippen molar-refractivity contribution in [1.82, 2.24) is 4.72 Å². The van der Waals surface area contributed by atoms with Gasteiger partial charge in [0.2, 0.25) is 10.0 Å². The van der Waals surface area contributed by atoms with Crippen LogP contribution in [0.1, 0.15) is 18.1 Å². The SMILES string of the molecule is Cc1cccc(S(=O)(=O)NC(C)(CN)c2ccccc2)c1. The summed E-state index contributed by atoms with van der Waals surface area (Å²) in [6.07, 6.45) is 0. The van der Waals surface area contributed by atoms with Gasteiger partial charge in [-0.25, -0.2) is 8.42 Å². The Kier molecular flexibility index (Phi) is 4.46. The zero-order valence-corrected chi connectivity index (χ0v) is 13.0. The highest BCUT2D eigenvalue weighted by molar-refractivity contribution is 7.89. The summed E-state index contributed by atoms with van der Waals surface area (Å²) in [4.78, 5) is 0.248. The first-order valence-corrected chi connectivity index (χ1v) is 8.22. The van der Waals surface area contributed by atoms with Gasteiger partial charge in [0.25, 0.3) is 0 Å². The van der Waals surface area contributed by atoms with Crippen LogP contribution in [0.15, 0.2) is 59.5 Å². The molecule has 0 aliphatic carbocycles. The largest absolute Gasteiger partial charge is 0.328 e. The lowest BCUT2D eigenvalue weighted by atomic mass is 9.94. The Morgan fingerprint density at radius 2 is 1.76 bits per heavy atom. The van der Waals surface area contributed by atoms with Gasteiger partial charge in [-0.1, -0.05) is 42.5 Å². The van der Waals surface area contributed by atoms with E-state index in [2.05, 4.69) is 4.72 Å². The summed E-state index contributed by atoms with van der Waals surface area (Å²) < 4.78 is 27.9. The highest BCUT2D eigenvalue weighted by atomic mass is 32.2. The monoisotopic (exact) mass is 304 g/mol. The van der Waals surface area contributed by atoms with Crippen LogP contribution in [0.4, 0.5) is 0 Å². The Morgan fingerprint density at radius 1 is 1.10 bits per heavy atom. The Balaban J connectivity index is 2.38. The maximum atomic E-state index is 12.6. The molecule has 2 rings (SSSR count). The predicted octanol–water partition coefficient (Wildman–Crippen LogP) is 2.15. The molecular formula is C16H20N2O2S. The van der Waals surface area contributed by atoms with Gasteiger partial charge >= 0.3 is 0 Å². The fourth-order valence-electron chi connectivity index (χ4n) is 2.16. The summed E-state index contributed by atoms with van der Waals surface area (Å²) in [5.41, 5.74) is 6.72. The molecule has 1 atom stereocenters. The van der Waals surface area contributed by atoms with Crippen molar-refractivity contribution in [3.05, 3.63) is 65.7 Å². The first kappa shape index (κ1) is 15.7. The van der Waals surface area contributed by atoms with Crippen molar-refractivity contribution in [2.45, 2.75) is 24.3 Å². The number of rotatable bonds is 5. The van der Waals surface area contributed by atoms with Crippen LogP contribution in [-0.2, 0) is 15.6 Å². The fourth-order valence-corrected chi connectivity index (χ4v) is 3.67. The molecule has 5 heteroatoms. The van der Waals surface area contributed by atoms with E-state index < -0.39 is 15.6 Å². The minimum atomic E-state index is -3.63. The molecule has 0 aromatic heterocycles. The third-order valence-corrected chi connectivity index (χ3v) is 5.07. The second kappa shape index (κ2) is 5.97. The Labute approximate surface area is 126 Å². The first-order chi connectivity index (χ1) is 9.87. The molecule has 2 aromatic rings. The number of sulfonamides is 1. The first-order valence-electron chi connectivity index (χ1n) is 6.74. The van der Waals surface area contributed by atoms with Crippen LogP contribution in [0.25, 0.3) is 0 Å². The van der Waals surface area contributed by atoms with Gasteiger partial charge in [0.05, 0.1) is 10.4 Å². The molecule has 3 N–H and O–H groups in total. The van der Waals surface area contributed by atoms with Gasteiger partial charge in [0.15, 0.2) is 0 Å². The van der Waals surface area contributed by atoms with Crippen LogP contribution < -0.4 is 10.5 Å². The van der Waals surface area contributed by atoms with E-state index >= 15 is 0 Å². The van der Waals surface area contributed by atoms with Gasteiger partial charge in [-0.15, -0.1) is 0 Å². The number of nitrogens with two attached hydrogens (primary N) is 1. The van der Waals surface area contributed by atoms with E-state index in [1.807, 2.05) is 43.3 Å². The Hall–Kier alpha value is -1.69. The average Bonchev–Trinajstić information content (AvgIpc) is 2.47. The molecule has 0 aliphatic heterocycles. The minimum Gasteiger partial charge on any atom is -0.328 e. The van der Waals surface area contributed by atoms with Crippen LogP contribution in [0.5, 0.6) is 0 Å². The molecule has 0 amide bonds. The topological polar surface area (TPSA) is 72.2 Å². The van der Waals surface area contributed by atoms with Crippen LogP contribution >= 0.6 is 0 Å². The van der Waals surface area contributed by atoms with Crippen molar-refractivity contribution in [3.63, 3.8) is 0 Å². The van der Waals surface area contributed by atoms with E-state index in [4.69, 9.17) is 5.73 Å². The third kappa shape index (κ3) is 3.50. The molecule has 4 nitrogen and oxygen atoms in total. The summed E-state index contributed by atoms with van der Waals surface area (Å²) in [6, 6.07) is 16.2. The van der Waals surface area contributed by atoms with Crippen LogP contribution in [0.3, 0.4) is 0 Å². The van der Waals surface area contributed by atoms with Gasteiger partial charge in [-0.3, -0.25) is 0 Å². The van der Waals surface area contributed by atoms with Crippen molar-refractivity contribution in [1.29, 1.82) is 0 Å². The van der Waals surface area contributed by atoms with Gasteiger partial charge in [-0.2, -0.15) is 4.72 Å². The Bertz CT molecular complexity index is 714.